The number of hydrogen-bond donors (Lipinski definition) is 1. The number of anilines is 1. The molecule has 0 spiro atoms. The Kier molecular flexibility index (Phi) is 6.66. The summed E-state index contributed by atoms with van der Waals surface area (Å²) in [6.07, 6.45) is 0.747. The highest BCUT2D eigenvalue weighted by atomic mass is 35.5. The lowest BCUT2D eigenvalue weighted by Crippen LogP contribution is -2.50. The summed E-state index contributed by atoms with van der Waals surface area (Å²) >= 11 is 8.69. The molecule has 9 heteroatoms. The van der Waals surface area contributed by atoms with Gasteiger partial charge in [-0.1, -0.05) is 35.1 Å². The molecule has 3 rings (SSSR count). The lowest BCUT2D eigenvalue weighted by atomic mass is 10.0. The molecule has 1 atom stereocenters. The summed E-state index contributed by atoms with van der Waals surface area (Å²) in [5.74, 6) is -0.681. The number of hydrogen-bond acceptors (Lipinski definition) is 6. The van der Waals surface area contributed by atoms with E-state index in [0.717, 1.165) is 22.8 Å². The molecule has 2 amide bonds. The van der Waals surface area contributed by atoms with Gasteiger partial charge in [0.25, 0.3) is 5.91 Å². The van der Waals surface area contributed by atoms with Crippen LogP contribution in [0.4, 0.5) is 5.69 Å². The van der Waals surface area contributed by atoms with Crippen molar-refractivity contribution in [2.45, 2.75) is 38.8 Å². The molecular formula is C20H21ClN4O2S2. The van der Waals surface area contributed by atoms with E-state index in [2.05, 4.69) is 14.9 Å². The number of rotatable bonds is 7. The molecule has 1 aromatic carbocycles. The lowest BCUT2D eigenvalue weighted by molar-refractivity contribution is -0.124. The van der Waals surface area contributed by atoms with E-state index in [4.69, 9.17) is 11.6 Å². The quantitative estimate of drug-likeness (QED) is 0.555. The van der Waals surface area contributed by atoms with Crippen molar-refractivity contribution in [3.63, 3.8) is 0 Å². The minimum Gasteiger partial charge on any atom is -0.349 e. The average molecular weight is 449 g/mol. The number of carbonyl (C=O) groups excluding carboxylic acids is 2. The smallest absolute Gasteiger partial charge is 0.280 e. The standard InChI is InChI=1S/C20H21ClN4O2S2/c1-4-20(2,3)22-18(26)17(16-9-6-10-28-16)25(14-8-5-7-13(21)11-14)19(27)15-12-29-24-23-15/h5-12,17H,4H2,1-3H3,(H,22,26)/t17-/m0/s1. The van der Waals surface area contributed by atoms with Gasteiger partial charge in [0, 0.05) is 26.5 Å². The fraction of sp³-hybridized carbons (Fsp3) is 0.300. The molecule has 29 heavy (non-hydrogen) atoms. The number of carbonyl (C=O) groups is 2. The zero-order valence-electron chi connectivity index (χ0n) is 16.3. The summed E-state index contributed by atoms with van der Waals surface area (Å²) in [6.45, 7) is 5.90. The maximum Gasteiger partial charge on any atom is 0.280 e. The van der Waals surface area contributed by atoms with E-state index in [0.29, 0.717) is 10.7 Å². The van der Waals surface area contributed by atoms with E-state index in [1.165, 1.54) is 16.2 Å². The normalized spacial score (nSPS) is 12.4. The van der Waals surface area contributed by atoms with Gasteiger partial charge in [-0.3, -0.25) is 14.5 Å². The van der Waals surface area contributed by atoms with Crippen LogP contribution in [0.15, 0.2) is 47.2 Å². The number of amides is 2. The third-order valence-corrected chi connectivity index (χ3v) is 6.21. The predicted octanol–water partition coefficient (Wildman–Crippen LogP) is 4.95. The second-order valence-corrected chi connectivity index (χ2v) is 9.12. The minimum atomic E-state index is -0.867. The van der Waals surface area contributed by atoms with Gasteiger partial charge >= 0.3 is 0 Å². The van der Waals surface area contributed by atoms with E-state index in [1.54, 1.807) is 29.6 Å². The van der Waals surface area contributed by atoms with Gasteiger partial charge in [0.15, 0.2) is 11.7 Å². The SMILES string of the molecule is CCC(C)(C)NC(=O)[C@H](c1cccs1)N(C(=O)c1csnn1)c1cccc(Cl)c1. The van der Waals surface area contributed by atoms with Gasteiger partial charge in [-0.2, -0.15) is 0 Å². The zero-order chi connectivity index (χ0) is 21.0. The van der Waals surface area contributed by atoms with Crippen molar-refractivity contribution >= 4 is 52.0 Å². The van der Waals surface area contributed by atoms with Crippen LogP contribution in [-0.2, 0) is 4.79 Å². The van der Waals surface area contributed by atoms with Crippen LogP contribution in [-0.4, -0.2) is 26.9 Å². The number of halogens is 1. The van der Waals surface area contributed by atoms with Crippen LogP contribution in [0.25, 0.3) is 0 Å². The first-order valence-corrected chi connectivity index (χ1v) is 11.1. The average Bonchev–Trinajstić information content (AvgIpc) is 3.39. The maximum absolute atomic E-state index is 13.4. The summed E-state index contributed by atoms with van der Waals surface area (Å²) < 4.78 is 3.80. The van der Waals surface area contributed by atoms with E-state index in [9.17, 15) is 9.59 Å². The number of nitrogens with zero attached hydrogens (tertiary/aromatic N) is 3. The van der Waals surface area contributed by atoms with Crippen LogP contribution < -0.4 is 10.2 Å². The first-order chi connectivity index (χ1) is 13.8. The van der Waals surface area contributed by atoms with Gasteiger partial charge in [-0.05, 0) is 61.4 Å². The van der Waals surface area contributed by atoms with Crippen LogP contribution in [0.5, 0.6) is 0 Å². The molecule has 1 N–H and O–H groups in total. The zero-order valence-corrected chi connectivity index (χ0v) is 18.6. The largest absolute Gasteiger partial charge is 0.349 e. The molecule has 0 saturated heterocycles. The fourth-order valence-corrected chi connectivity index (χ4v) is 4.13. The van der Waals surface area contributed by atoms with Crippen molar-refractivity contribution in [1.82, 2.24) is 14.9 Å². The third kappa shape index (κ3) is 5.01. The second-order valence-electron chi connectivity index (χ2n) is 7.09. The molecule has 0 bridgehead atoms. The molecule has 0 saturated carbocycles. The van der Waals surface area contributed by atoms with E-state index in [1.807, 2.05) is 38.3 Å². The van der Waals surface area contributed by atoms with Crippen molar-refractivity contribution in [3.05, 3.63) is 62.8 Å². The summed E-state index contributed by atoms with van der Waals surface area (Å²) in [4.78, 5) is 29.0. The summed E-state index contributed by atoms with van der Waals surface area (Å²) in [7, 11) is 0. The predicted molar refractivity (Wildman–Crippen MR) is 118 cm³/mol. The Morgan fingerprint density at radius 1 is 1.28 bits per heavy atom. The van der Waals surface area contributed by atoms with Crippen LogP contribution in [0, 0.1) is 0 Å². The maximum atomic E-state index is 13.4. The Morgan fingerprint density at radius 3 is 2.66 bits per heavy atom. The Morgan fingerprint density at radius 2 is 2.07 bits per heavy atom. The van der Waals surface area contributed by atoms with Crippen molar-refractivity contribution < 1.29 is 9.59 Å². The molecule has 2 aromatic heterocycles. The monoisotopic (exact) mass is 448 g/mol. The highest BCUT2D eigenvalue weighted by Gasteiger charge is 2.36. The number of thiophene rings is 1. The Bertz CT molecular complexity index is 974. The Labute approximate surface area is 182 Å². The van der Waals surface area contributed by atoms with Crippen molar-refractivity contribution in [1.29, 1.82) is 0 Å². The van der Waals surface area contributed by atoms with Gasteiger partial charge in [0.05, 0.1) is 0 Å². The van der Waals surface area contributed by atoms with Crippen molar-refractivity contribution in [3.8, 4) is 0 Å². The molecule has 6 nitrogen and oxygen atoms in total. The van der Waals surface area contributed by atoms with Crippen LogP contribution in [0.3, 0.4) is 0 Å². The van der Waals surface area contributed by atoms with E-state index >= 15 is 0 Å². The van der Waals surface area contributed by atoms with Crippen LogP contribution >= 0.6 is 34.5 Å². The number of benzene rings is 1. The summed E-state index contributed by atoms with van der Waals surface area (Å²) in [6, 6.07) is 9.72. The molecule has 0 unspecified atom stereocenters. The molecule has 0 aliphatic carbocycles. The van der Waals surface area contributed by atoms with Gasteiger partial charge in [-0.15, -0.1) is 16.4 Å². The second kappa shape index (κ2) is 9.02. The van der Waals surface area contributed by atoms with Crippen molar-refractivity contribution in [2.75, 3.05) is 4.90 Å². The van der Waals surface area contributed by atoms with Gasteiger partial charge < -0.3 is 5.32 Å². The van der Waals surface area contributed by atoms with Gasteiger partial charge in [0.2, 0.25) is 5.91 Å². The molecule has 0 aliphatic heterocycles. The first-order valence-electron chi connectivity index (χ1n) is 9.04. The topological polar surface area (TPSA) is 75.2 Å². The number of aromatic nitrogens is 2. The van der Waals surface area contributed by atoms with Gasteiger partial charge in [0.1, 0.15) is 0 Å². The molecule has 152 valence electrons. The number of nitrogens with one attached hydrogen (secondary N) is 1. The van der Waals surface area contributed by atoms with Gasteiger partial charge in [-0.25, -0.2) is 0 Å². The lowest BCUT2D eigenvalue weighted by Gasteiger charge is -2.33. The molecule has 0 radical (unpaired) electrons. The molecule has 3 aromatic rings. The molecule has 0 fully saturated rings. The molecule has 0 aliphatic rings. The fourth-order valence-electron chi connectivity index (χ4n) is 2.70. The van der Waals surface area contributed by atoms with E-state index < -0.39 is 17.5 Å². The Balaban J connectivity index is 2.12. The van der Waals surface area contributed by atoms with E-state index in [-0.39, 0.29) is 11.6 Å². The third-order valence-electron chi connectivity index (χ3n) is 4.55. The minimum absolute atomic E-state index is 0.180. The van der Waals surface area contributed by atoms with Crippen LogP contribution in [0.1, 0.15) is 48.6 Å². The summed E-state index contributed by atoms with van der Waals surface area (Å²) in [5.41, 5.74) is 0.273. The first kappa shape index (κ1) is 21.4. The van der Waals surface area contributed by atoms with Crippen LogP contribution in [0.2, 0.25) is 5.02 Å². The molecular weight excluding hydrogens is 428 g/mol. The molecule has 2 heterocycles. The van der Waals surface area contributed by atoms with Crippen molar-refractivity contribution in [2.24, 2.45) is 0 Å². The Hall–Kier alpha value is -2.29. The highest BCUT2D eigenvalue weighted by molar-refractivity contribution is 7.10. The summed E-state index contributed by atoms with van der Waals surface area (Å²) in [5, 5.41) is 10.9. The highest BCUT2D eigenvalue weighted by Crippen LogP contribution is 2.33.